The maximum atomic E-state index is 5.40. The smallest absolute Gasteiger partial charge is 0.135 e. The molecule has 2 aromatic rings. The van der Waals surface area contributed by atoms with E-state index in [1.54, 1.807) is 0 Å². The third-order valence-electron chi connectivity index (χ3n) is 8.48. The molecule has 0 radical (unpaired) electrons. The molecule has 2 aromatic carbocycles. The minimum atomic E-state index is 0.867. The summed E-state index contributed by atoms with van der Waals surface area (Å²) in [5.74, 6) is 6.97. The second-order valence-electron chi connectivity index (χ2n) is 13.0. The number of aryl methyl sites for hydroxylation is 4. The van der Waals surface area contributed by atoms with Crippen molar-refractivity contribution in [2.75, 3.05) is 0 Å². The highest BCUT2D eigenvalue weighted by Gasteiger charge is 2.11. The van der Waals surface area contributed by atoms with Crippen molar-refractivity contribution in [1.29, 1.82) is 0 Å². The van der Waals surface area contributed by atoms with E-state index >= 15 is 0 Å². The number of nitrogens with zero attached hydrogens (tertiary/aromatic N) is 2. The van der Waals surface area contributed by atoms with Crippen LogP contribution < -0.4 is 0 Å². The molecular formula is C43H66N2. The zero-order chi connectivity index (χ0) is 32.5. The van der Waals surface area contributed by atoms with Crippen LogP contribution in [0.1, 0.15) is 173 Å². The van der Waals surface area contributed by atoms with Gasteiger partial charge in [-0.15, -0.1) is 0 Å². The van der Waals surface area contributed by atoms with Gasteiger partial charge in [-0.2, -0.15) is 0 Å². The van der Waals surface area contributed by atoms with Crippen molar-refractivity contribution < 1.29 is 0 Å². The summed E-state index contributed by atoms with van der Waals surface area (Å²) in [7, 11) is 0. The van der Waals surface area contributed by atoms with Gasteiger partial charge in [-0.1, -0.05) is 117 Å². The van der Waals surface area contributed by atoms with E-state index < -0.39 is 0 Å². The summed E-state index contributed by atoms with van der Waals surface area (Å²) < 4.78 is 0. The Bertz CT molecular complexity index is 1150. The molecule has 45 heavy (non-hydrogen) atoms. The monoisotopic (exact) mass is 611 g/mol. The van der Waals surface area contributed by atoms with Crippen LogP contribution in [0.4, 0.5) is 11.4 Å². The van der Waals surface area contributed by atoms with Crippen LogP contribution in [0.25, 0.3) is 0 Å². The molecule has 0 aliphatic carbocycles. The lowest BCUT2D eigenvalue weighted by Gasteiger charge is -2.11. The van der Waals surface area contributed by atoms with Gasteiger partial charge in [-0.3, -0.25) is 4.99 Å². The third-order valence-corrected chi connectivity index (χ3v) is 8.48. The van der Waals surface area contributed by atoms with Crippen LogP contribution in [0, 0.1) is 11.8 Å². The Morgan fingerprint density at radius 2 is 0.867 bits per heavy atom. The number of rotatable bonds is 23. The Kier molecular flexibility index (Phi) is 21.0. The Morgan fingerprint density at radius 3 is 1.24 bits per heavy atom. The minimum Gasteiger partial charge on any atom is -0.250 e. The first-order valence-corrected chi connectivity index (χ1v) is 19.0. The quantitative estimate of drug-likeness (QED) is 0.0679. The van der Waals surface area contributed by atoms with Crippen molar-refractivity contribution in [2.24, 2.45) is 9.98 Å². The molecule has 0 N–H and O–H groups in total. The van der Waals surface area contributed by atoms with Gasteiger partial charge in [0.1, 0.15) is 5.71 Å². The lowest BCUT2D eigenvalue weighted by Crippen LogP contribution is -2.12. The number of benzene rings is 2. The fourth-order valence-corrected chi connectivity index (χ4v) is 5.80. The van der Waals surface area contributed by atoms with Gasteiger partial charge in [0.25, 0.3) is 0 Å². The normalized spacial score (nSPS) is 12.0. The van der Waals surface area contributed by atoms with Crippen LogP contribution in [0.5, 0.6) is 0 Å². The second kappa shape index (κ2) is 24.6. The summed E-state index contributed by atoms with van der Waals surface area (Å²) in [5, 5.41) is 0. The van der Waals surface area contributed by atoms with Gasteiger partial charge < -0.3 is 0 Å². The minimum absolute atomic E-state index is 0.867. The fraction of sp³-hybridized carbons (Fsp3) is 0.628. The zero-order valence-corrected chi connectivity index (χ0v) is 30.2. The predicted octanol–water partition coefficient (Wildman–Crippen LogP) is 13.5. The Labute approximate surface area is 279 Å². The average molecular weight is 611 g/mol. The van der Waals surface area contributed by atoms with Crippen molar-refractivity contribution in [3.05, 3.63) is 58.7 Å². The van der Waals surface area contributed by atoms with Crippen molar-refractivity contribution in [3.8, 4) is 11.8 Å². The molecule has 0 fully saturated rings. The van der Waals surface area contributed by atoms with E-state index in [1.807, 2.05) is 0 Å². The largest absolute Gasteiger partial charge is 0.250 e. The highest BCUT2D eigenvalue weighted by molar-refractivity contribution is 6.49. The number of aliphatic imine (C=N–C) groups is 2. The number of hydrogen-bond acceptors (Lipinski definition) is 2. The molecule has 0 bridgehead atoms. The van der Waals surface area contributed by atoms with E-state index in [1.165, 1.54) is 99.3 Å². The zero-order valence-electron chi connectivity index (χ0n) is 30.2. The summed E-state index contributed by atoms with van der Waals surface area (Å²) in [4.78, 5) is 10.7. The predicted molar refractivity (Wildman–Crippen MR) is 202 cm³/mol. The maximum absolute atomic E-state index is 5.40. The van der Waals surface area contributed by atoms with E-state index in [9.17, 15) is 0 Å². The van der Waals surface area contributed by atoms with Crippen LogP contribution in [0.3, 0.4) is 0 Å². The second-order valence-corrected chi connectivity index (χ2v) is 13.0. The van der Waals surface area contributed by atoms with E-state index in [-0.39, 0.29) is 0 Å². The van der Waals surface area contributed by atoms with Crippen molar-refractivity contribution >= 4 is 22.8 Å². The maximum Gasteiger partial charge on any atom is 0.135 e. The number of hydrogen-bond donors (Lipinski definition) is 0. The van der Waals surface area contributed by atoms with Gasteiger partial charge in [0.15, 0.2) is 0 Å². The van der Waals surface area contributed by atoms with Gasteiger partial charge in [-0.25, -0.2) is 4.99 Å². The molecule has 0 saturated carbocycles. The van der Waals surface area contributed by atoms with Crippen LogP contribution in [0.2, 0.25) is 0 Å². The fourth-order valence-electron chi connectivity index (χ4n) is 5.80. The van der Waals surface area contributed by atoms with Crippen LogP contribution in [-0.2, 0) is 25.7 Å². The molecule has 2 nitrogen and oxygen atoms in total. The van der Waals surface area contributed by atoms with E-state index in [2.05, 4.69) is 89.8 Å². The first kappa shape index (κ1) is 38.5. The molecule has 2 rings (SSSR count). The molecule has 0 saturated heterocycles. The Morgan fingerprint density at radius 1 is 0.467 bits per heavy atom. The summed E-state index contributed by atoms with van der Waals surface area (Å²) in [6.07, 6.45) is 24.6. The van der Waals surface area contributed by atoms with Crippen LogP contribution in [0.15, 0.2) is 46.4 Å². The SMILES string of the molecule is CCCC#CC(=Nc1cc(CCCCC)cc(CCCCC)c1)C(CCCC)=Nc1cc(CCCCC)cc(CCCCC)c1. The number of unbranched alkanes of at least 4 members (excludes halogenated alkanes) is 10. The van der Waals surface area contributed by atoms with Gasteiger partial charge in [0.05, 0.1) is 17.1 Å². The lowest BCUT2D eigenvalue weighted by molar-refractivity contribution is 0.708. The van der Waals surface area contributed by atoms with E-state index in [0.717, 1.165) is 80.6 Å². The van der Waals surface area contributed by atoms with Gasteiger partial charge in [0.2, 0.25) is 0 Å². The van der Waals surface area contributed by atoms with E-state index in [0.29, 0.717) is 0 Å². The highest BCUT2D eigenvalue weighted by Crippen LogP contribution is 2.25. The molecule has 0 aliphatic heterocycles. The van der Waals surface area contributed by atoms with Crippen LogP contribution in [-0.4, -0.2) is 11.4 Å². The van der Waals surface area contributed by atoms with Gasteiger partial charge >= 0.3 is 0 Å². The Hall–Kier alpha value is -2.66. The third kappa shape index (κ3) is 16.5. The van der Waals surface area contributed by atoms with Crippen molar-refractivity contribution in [1.82, 2.24) is 0 Å². The van der Waals surface area contributed by atoms with E-state index in [4.69, 9.17) is 9.98 Å². The molecule has 0 heterocycles. The van der Waals surface area contributed by atoms with Crippen LogP contribution >= 0.6 is 0 Å². The molecule has 0 amide bonds. The summed E-state index contributed by atoms with van der Waals surface area (Å²) in [6, 6.07) is 14.2. The molecule has 0 atom stereocenters. The molecule has 0 unspecified atom stereocenters. The molecule has 248 valence electrons. The van der Waals surface area contributed by atoms with Gasteiger partial charge in [0, 0.05) is 6.42 Å². The summed E-state index contributed by atoms with van der Waals surface area (Å²) in [6.45, 7) is 13.6. The highest BCUT2D eigenvalue weighted by atomic mass is 14.8. The van der Waals surface area contributed by atoms with Crippen molar-refractivity contribution in [3.63, 3.8) is 0 Å². The molecule has 0 aliphatic rings. The summed E-state index contributed by atoms with van der Waals surface area (Å²) in [5.41, 5.74) is 9.74. The molecular weight excluding hydrogens is 544 g/mol. The van der Waals surface area contributed by atoms with Crippen molar-refractivity contribution in [2.45, 2.75) is 176 Å². The molecule has 0 spiro atoms. The lowest BCUT2D eigenvalue weighted by atomic mass is 9.99. The first-order chi connectivity index (χ1) is 22.1. The topological polar surface area (TPSA) is 24.7 Å². The molecule has 0 aromatic heterocycles. The standard InChI is InChI=1S/C43H66N2/c1-7-13-19-24-36-30-37(25-20-14-8-2)33-40(32-36)44-42(28-18-12-6)43(29-23-17-11-5)45-41-34-38(26-21-15-9-3)31-39(35-41)27-22-16-10-4/h30-35H,7-22,24-28H2,1-6H3. The average Bonchev–Trinajstić information content (AvgIpc) is 3.03. The first-order valence-electron chi connectivity index (χ1n) is 19.0. The van der Waals surface area contributed by atoms with Gasteiger partial charge in [-0.05, 0) is 123 Å². The summed E-state index contributed by atoms with van der Waals surface area (Å²) >= 11 is 0. The molecule has 2 heteroatoms. The Balaban J connectivity index is 2.63.